The number of hydrogen-bond donors (Lipinski definition) is 2. The molecule has 0 saturated carbocycles. The number of pyridine rings is 1. The van der Waals surface area contributed by atoms with Crippen LogP contribution in [-0.4, -0.2) is 41.3 Å². The minimum absolute atomic E-state index is 0.0693. The number of rotatable bonds is 4. The fraction of sp³-hybridized carbons (Fsp3) is 0.235. The molecule has 4 rings (SSSR count). The third kappa shape index (κ3) is 3.24. The topological polar surface area (TPSA) is 116 Å². The first-order valence-electron chi connectivity index (χ1n) is 8.24. The molecule has 3 aromatic rings. The summed E-state index contributed by atoms with van der Waals surface area (Å²) in [6, 6.07) is 10.1. The number of benzene rings is 1. The smallest absolute Gasteiger partial charge is 0.238 e. The highest BCUT2D eigenvalue weighted by Crippen LogP contribution is 2.26. The van der Waals surface area contributed by atoms with Crippen LogP contribution in [0.4, 0.5) is 0 Å². The number of primary sulfonamides is 1. The van der Waals surface area contributed by atoms with Crippen molar-refractivity contribution in [2.45, 2.75) is 17.2 Å². The first-order valence-corrected chi connectivity index (χ1v) is 9.78. The van der Waals surface area contributed by atoms with E-state index in [4.69, 9.17) is 10.1 Å². The number of nitrogens with two attached hydrogens (primary N) is 1. The molecule has 1 unspecified atom stereocenters. The fourth-order valence-corrected chi connectivity index (χ4v) is 3.57. The Morgan fingerprint density at radius 2 is 1.85 bits per heavy atom. The number of hydrogen-bond acceptors (Lipinski definition) is 6. The van der Waals surface area contributed by atoms with Crippen molar-refractivity contribution in [3.8, 4) is 17.1 Å². The van der Waals surface area contributed by atoms with E-state index in [1.54, 1.807) is 29.2 Å². The van der Waals surface area contributed by atoms with Crippen molar-refractivity contribution in [3.63, 3.8) is 0 Å². The van der Waals surface area contributed by atoms with Crippen LogP contribution in [0.5, 0.6) is 0 Å². The molecule has 134 valence electrons. The molecule has 3 heterocycles. The van der Waals surface area contributed by atoms with Gasteiger partial charge in [-0.1, -0.05) is 0 Å². The normalized spacial score (nSPS) is 17.5. The van der Waals surface area contributed by atoms with Crippen LogP contribution in [0.2, 0.25) is 0 Å². The molecular weight excluding hydrogens is 352 g/mol. The molecule has 0 spiro atoms. The maximum absolute atomic E-state index is 11.5. The van der Waals surface area contributed by atoms with E-state index in [1.165, 1.54) is 12.1 Å². The van der Waals surface area contributed by atoms with Gasteiger partial charge in [0.05, 0.1) is 10.6 Å². The van der Waals surface area contributed by atoms with Crippen LogP contribution < -0.4 is 10.5 Å². The summed E-state index contributed by atoms with van der Waals surface area (Å²) in [4.78, 5) is 8.85. The Kier molecular flexibility index (Phi) is 4.27. The predicted molar refractivity (Wildman–Crippen MR) is 96.2 cm³/mol. The Morgan fingerprint density at radius 3 is 2.46 bits per heavy atom. The van der Waals surface area contributed by atoms with Gasteiger partial charge in [-0.15, -0.1) is 5.10 Å². The number of sulfonamides is 1. The zero-order valence-electron chi connectivity index (χ0n) is 13.9. The van der Waals surface area contributed by atoms with E-state index in [0.29, 0.717) is 5.82 Å². The molecule has 1 aromatic carbocycles. The lowest BCUT2D eigenvalue weighted by molar-refractivity contribution is 0.597. The second kappa shape index (κ2) is 6.60. The molecule has 1 atom stereocenters. The second-order valence-corrected chi connectivity index (χ2v) is 7.73. The summed E-state index contributed by atoms with van der Waals surface area (Å²) in [6.45, 7) is 1.77. The van der Waals surface area contributed by atoms with Crippen LogP contribution >= 0.6 is 0 Å². The SMILES string of the molecule is NS(=O)(=O)c1ccc(-n2nc(-c3ccncc3)nc2C2CCNC2)cc1. The molecule has 1 saturated heterocycles. The van der Waals surface area contributed by atoms with Gasteiger partial charge in [-0.3, -0.25) is 4.98 Å². The van der Waals surface area contributed by atoms with Crippen molar-refractivity contribution in [1.82, 2.24) is 25.1 Å². The molecule has 0 amide bonds. The summed E-state index contributed by atoms with van der Waals surface area (Å²) in [6.07, 6.45) is 4.38. The van der Waals surface area contributed by atoms with Crippen LogP contribution in [0.15, 0.2) is 53.7 Å². The van der Waals surface area contributed by atoms with Crippen molar-refractivity contribution in [3.05, 3.63) is 54.6 Å². The first kappa shape index (κ1) is 16.8. The molecule has 1 fully saturated rings. The lowest BCUT2D eigenvalue weighted by Crippen LogP contribution is -2.14. The second-order valence-electron chi connectivity index (χ2n) is 6.17. The molecule has 9 heteroatoms. The average molecular weight is 370 g/mol. The Morgan fingerprint density at radius 1 is 1.12 bits per heavy atom. The highest BCUT2D eigenvalue weighted by Gasteiger charge is 2.25. The van der Waals surface area contributed by atoms with Crippen molar-refractivity contribution in [2.24, 2.45) is 5.14 Å². The molecule has 0 bridgehead atoms. The summed E-state index contributed by atoms with van der Waals surface area (Å²) >= 11 is 0. The highest BCUT2D eigenvalue weighted by molar-refractivity contribution is 7.89. The molecule has 26 heavy (non-hydrogen) atoms. The van der Waals surface area contributed by atoms with Crippen molar-refractivity contribution in [1.29, 1.82) is 0 Å². The van der Waals surface area contributed by atoms with Gasteiger partial charge in [0.25, 0.3) is 0 Å². The van der Waals surface area contributed by atoms with E-state index >= 15 is 0 Å². The van der Waals surface area contributed by atoms with Gasteiger partial charge < -0.3 is 5.32 Å². The highest BCUT2D eigenvalue weighted by atomic mass is 32.2. The summed E-state index contributed by atoms with van der Waals surface area (Å²) < 4.78 is 24.7. The standard InChI is InChI=1S/C17H18N6O2S/c18-26(24,25)15-3-1-14(2-4-15)23-17(13-7-10-20-11-13)21-16(22-23)12-5-8-19-9-6-12/h1-6,8-9,13,20H,7,10-11H2,(H2,18,24,25). The van der Waals surface area contributed by atoms with Crippen LogP contribution in [-0.2, 0) is 10.0 Å². The van der Waals surface area contributed by atoms with E-state index in [0.717, 1.165) is 36.6 Å². The van der Waals surface area contributed by atoms with E-state index in [9.17, 15) is 8.42 Å². The molecule has 8 nitrogen and oxygen atoms in total. The summed E-state index contributed by atoms with van der Waals surface area (Å²) in [5.41, 5.74) is 1.62. The zero-order chi connectivity index (χ0) is 18.1. The average Bonchev–Trinajstić information content (AvgIpc) is 3.31. The third-order valence-electron chi connectivity index (χ3n) is 4.41. The molecular formula is C17H18N6O2S. The monoisotopic (exact) mass is 370 g/mol. The Bertz CT molecular complexity index is 1010. The number of aromatic nitrogens is 4. The Labute approximate surface area is 151 Å². The van der Waals surface area contributed by atoms with Gasteiger partial charge in [0.1, 0.15) is 5.82 Å². The minimum Gasteiger partial charge on any atom is -0.316 e. The van der Waals surface area contributed by atoms with Gasteiger partial charge in [0.15, 0.2) is 5.82 Å². The maximum Gasteiger partial charge on any atom is 0.238 e. The van der Waals surface area contributed by atoms with Crippen LogP contribution in [0.25, 0.3) is 17.1 Å². The summed E-state index contributed by atoms with van der Waals surface area (Å²) in [7, 11) is -3.73. The number of nitrogens with one attached hydrogen (secondary N) is 1. The number of nitrogens with zero attached hydrogens (tertiary/aromatic N) is 4. The van der Waals surface area contributed by atoms with Crippen LogP contribution in [0.1, 0.15) is 18.2 Å². The molecule has 2 aromatic heterocycles. The Balaban J connectivity index is 1.80. The third-order valence-corrected chi connectivity index (χ3v) is 5.34. The van der Waals surface area contributed by atoms with Crippen molar-refractivity contribution >= 4 is 10.0 Å². The quantitative estimate of drug-likeness (QED) is 0.709. The molecule has 0 aliphatic carbocycles. The van der Waals surface area contributed by atoms with Gasteiger partial charge in [0, 0.05) is 30.4 Å². The molecule has 0 radical (unpaired) electrons. The van der Waals surface area contributed by atoms with Crippen molar-refractivity contribution < 1.29 is 8.42 Å². The van der Waals surface area contributed by atoms with Gasteiger partial charge in [-0.2, -0.15) is 0 Å². The summed E-state index contributed by atoms with van der Waals surface area (Å²) in [5.74, 6) is 1.71. The molecule has 1 aliphatic heterocycles. The van der Waals surface area contributed by atoms with Gasteiger partial charge in [-0.05, 0) is 49.4 Å². The van der Waals surface area contributed by atoms with Gasteiger partial charge in [0.2, 0.25) is 10.0 Å². The van der Waals surface area contributed by atoms with Crippen LogP contribution in [0, 0.1) is 0 Å². The maximum atomic E-state index is 11.5. The lowest BCUT2D eigenvalue weighted by Gasteiger charge is -2.10. The molecule has 3 N–H and O–H groups in total. The van der Waals surface area contributed by atoms with Crippen molar-refractivity contribution in [2.75, 3.05) is 13.1 Å². The first-order chi connectivity index (χ1) is 12.5. The minimum atomic E-state index is -3.73. The van der Waals surface area contributed by atoms with Crippen LogP contribution in [0.3, 0.4) is 0 Å². The fourth-order valence-electron chi connectivity index (χ4n) is 3.05. The largest absolute Gasteiger partial charge is 0.316 e. The van der Waals surface area contributed by atoms with E-state index in [2.05, 4.69) is 15.4 Å². The summed E-state index contributed by atoms with van der Waals surface area (Å²) in [5, 5.41) is 13.2. The van der Waals surface area contributed by atoms with E-state index in [1.807, 2.05) is 12.1 Å². The zero-order valence-corrected chi connectivity index (χ0v) is 14.7. The predicted octanol–water partition coefficient (Wildman–Crippen LogP) is 1.05. The van der Waals surface area contributed by atoms with E-state index < -0.39 is 10.0 Å². The lowest BCUT2D eigenvalue weighted by atomic mass is 10.1. The van der Waals surface area contributed by atoms with E-state index in [-0.39, 0.29) is 10.8 Å². The van der Waals surface area contributed by atoms with Gasteiger partial charge >= 0.3 is 0 Å². The Hall–Kier alpha value is -2.62. The molecule has 1 aliphatic rings. The van der Waals surface area contributed by atoms with Gasteiger partial charge in [-0.25, -0.2) is 23.2 Å².